The van der Waals surface area contributed by atoms with Crippen molar-refractivity contribution < 1.29 is 27.8 Å². The van der Waals surface area contributed by atoms with E-state index in [9.17, 15) is 23.1 Å². The minimum absolute atomic E-state index is 0.0139. The highest BCUT2D eigenvalue weighted by atomic mass is 19.4. The van der Waals surface area contributed by atoms with Crippen molar-refractivity contribution in [3.63, 3.8) is 0 Å². The van der Waals surface area contributed by atoms with Crippen LogP contribution in [-0.2, 0) is 22.3 Å². The number of halogens is 3. The summed E-state index contributed by atoms with van der Waals surface area (Å²) < 4.78 is 46.4. The smallest absolute Gasteiger partial charge is 0.390 e. The van der Waals surface area contributed by atoms with Crippen LogP contribution < -0.4 is 0 Å². The van der Waals surface area contributed by atoms with Gasteiger partial charge in [0, 0.05) is 17.5 Å². The van der Waals surface area contributed by atoms with Crippen LogP contribution in [0.25, 0.3) is 0 Å². The van der Waals surface area contributed by atoms with Gasteiger partial charge in [0.1, 0.15) is 0 Å². The molecule has 9 atom stereocenters. The zero-order valence-corrected chi connectivity index (χ0v) is 20.0. The molecule has 2 unspecified atom stereocenters. The highest BCUT2D eigenvalue weighted by Crippen LogP contribution is 2.70. The van der Waals surface area contributed by atoms with Crippen LogP contribution in [0.1, 0.15) is 70.8 Å². The molecule has 1 N–H and O–H groups in total. The maximum absolute atomic E-state index is 13.3. The van der Waals surface area contributed by atoms with E-state index in [1.54, 1.807) is 0 Å². The molecule has 4 aliphatic carbocycles. The summed E-state index contributed by atoms with van der Waals surface area (Å²) in [6.07, 6.45) is 5.07. The third kappa shape index (κ3) is 3.26. The van der Waals surface area contributed by atoms with Crippen molar-refractivity contribution in [3.05, 3.63) is 18.0 Å². The Morgan fingerprint density at radius 3 is 2.71 bits per heavy atom. The molecule has 0 aromatic carbocycles. The fraction of sp³-hybridized carbons (Fsp3) is 0.846. The number of carbonyl (C=O) groups excluding carboxylic acids is 1. The Balaban J connectivity index is 1.21. The number of rotatable bonds is 3. The number of alkyl halides is 3. The topological polar surface area (TPSA) is 64.3 Å². The molecular weight excluding hydrogens is 445 g/mol. The molecule has 5 aliphatic rings. The SMILES string of the molecule is C[C@@]1(O)CC[C@]23CO[C@H](C[C@@H]4C2CC[C@]2(C)[C@@H](C(=O)Cn5cc(C(F)(F)F)cn5)CC[C@@H]42)C3C1. The van der Waals surface area contributed by atoms with Crippen molar-refractivity contribution in [2.24, 2.45) is 40.4 Å². The van der Waals surface area contributed by atoms with Gasteiger partial charge >= 0.3 is 6.18 Å². The first kappa shape index (κ1) is 23.0. The van der Waals surface area contributed by atoms with Gasteiger partial charge in [-0.3, -0.25) is 9.48 Å². The van der Waals surface area contributed by atoms with Crippen molar-refractivity contribution >= 4 is 5.78 Å². The predicted molar refractivity (Wildman–Crippen MR) is 118 cm³/mol. The molecule has 34 heavy (non-hydrogen) atoms. The third-order valence-corrected chi connectivity index (χ3v) is 10.9. The van der Waals surface area contributed by atoms with E-state index in [0.717, 1.165) is 75.0 Å². The highest BCUT2D eigenvalue weighted by molar-refractivity contribution is 5.82. The number of Topliss-reactive ketones (excluding diaryl/α,β-unsaturated/α-hetero) is 1. The van der Waals surface area contributed by atoms with E-state index in [1.165, 1.54) is 0 Å². The first-order valence-electron chi connectivity index (χ1n) is 12.9. The fourth-order valence-corrected chi connectivity index (χ4v) is 9.32. The van der Waals surface area contributed by atoms with Crippen LogP contribution in [0.4, 0.5) is 13.2 Å². The molecule has 0 amide bonds. The molecule has 0 radical (unpaired) electrons. The van der Waals surface area contributed by atoms with Crippen LogP contribution >= 0.6 is 0 Å². The Morgan fingerprint density at radius 1 is 1.18 bits per heavy atom. The summed E-state index contributed by atoms with van der Waals surface area (Å²) in [5.41, 5.74) is -1.35. The van der Waals surface area contributed by atoms with Crippen molar-refractivity contribution in [2.75, 3.05) is 6.61 Å². The lowest BCUT2D eigenvalue weighted by Crippen LogP contribution is -2.58. The summed E-state index contributed by atoms with van der Waals surface area (Å²) in [5.74, 6) is 1.89. The van der Waals surface area contributed by atoms with E-state index in [1.807, 2.05) is 6.92 Å². The molecular formula is C26H35F3N2O3. The second kappa shape index (κ2) is 7.31. The van der Waals surface area contributed by atoms with E-state index in [2.05, 4.69) is 12.0 Å². The summed E-state index contributed by atoms with van der Waals surface area (Å²) in [5, 5.41) is 14.6. The minimum atomic E-state index is -4.45. The Labute approximate surface area is 198 Å². The normalized spacial score (nSPS) is 47.7. The number of carbonyl (C=O) groups is 1. The summed E-state index contributed by atoms with van der Waals surface area (Å²) in [4.78, 5) is 13.3. The zero-order valence-electron chi connectivity index (χ0n) is 20.0. The van der Waals surface area contributed by atoms with Gasteiger partial charge in [0.25, 0.3) is 0 Å². The number of hydrogen-bond acceptors (Lipinski definition) is 4. The number of fused-ring (bicyclic) bond motifs is 3. The van der Waals surface area contributed by atoms with Crippen LogP contribution in [0.5, 0.6) is 0 Å². The molecule has 6 rings (SSSR count). The maximum atomic E-state index is 13.3. The quantitative estimate of drug-likeness (QED) is 0.671. The van der Waals surface area contributed by atoms with Gasteiger partial charge in [-0.1, -0.05) is 6.92 Å². The third-order valence-electron chi connectivity index (χ3n) is 10.9. The van der Waals surface area contributed by atoms with Gasteiger partial charge in [-0.05, 0) is 87.4 Å². The lowest BCUT2D eigenvalue weighted by Gasteiger charge is -2.60. The lowest BCUT2D eigenvalue weighted by atomic mass is 9.44. The summed E-state index contributed by atoms with van der Waals surface area (Å²) in [6, 6.07) is 0. The predicted octanol–water partition coefficient (Wildman–Crippen LogP) is 4.87. The number of hydrogen-bond donors (Lipinski definition) is 1. The summed E-state index contributed by atoms with van der Waals surface area (Å²) >= 11 is 0. The molecule has 1 aliphatic heterocycles. The van der Waals surface area contributed by atoms with E-state index in [0.29, 0.717) is 23.7 Å². The second-order valence-corrected chi connectivity index (χ2v) is 12.6. The number of nitrogens with zero attached hydrogens (tertiary/aromatic N) is 2. The molecule has 188 valence electrons. The van der Waals surface area contributed by atoms with Gasteiger partial charge in [0.15, 0.2) is 5.78 Å². The average molecular weight is 481 g/mol. The minimum Gasteiger partial charge on any atom is -0.390 e. The van der Waals surface area contributed by atoms with E-state index >= 15 is 0 Å². The number of ether oxygens (including phenoxy) is 1. The van der Waals surface area contributed by atoms with E-state index in [4.69, 9.17) is 4.74 Å². The van der Waals surface area contributed by atoms with Crippen molar-refractivity contribution in [3.8, 4) is 0 Å². The monoisotopic (exact) mass is 480 g/mol. The second-order valence-electron chi connectivity index (χ2n) is 12.6. The largest absolute Gasteiger partial charge is 0.419 e. The zero-order chi connectivity index (χ0) is 24.1. The van der Waals surface area contributed by atoms with Gasteiger partial charge in [0.2, 0.25) is 0 Å². The number of aromatic nitrogens is 2. The van der Waals surface area contributed by atoms with Crippen LogP contribution in [0, 0.1) is 40.4 Å². The molecule has 5 nitrogen and oxygen atoms in total. The molecule has 1 aromatic rings. The lowest BCUT2D eigenvalue weighted by molar-refractivity contribution is -0.145. The van der Waals surface area contributed by atoms with Gasteiger partial charge < -0.3 is 9.84 Å². The van der Waals surface area contributed by atoms with Gasteiger partial charge in [-0.15, -0.1) is 0 Å². The van der Waals surface area contributed by atoms with Crippen LogP contribution in [0.2, 0.25) is 0 Å². The van der Waals surface area contributed by atoms with Crippen LogP contribution in [0.15, 0.2) is 12.4 Å². The molecule has 0 spiro atoms. The van der Waals surface area contributed by atoms with E-state index < -0.39 is 17.3 Å². The molecule has 1 aromatic heterocycles. The molecule has 2 heterocycles. The van der Waals surface area contributed by atoms with E-state index in [-0.39, 0.29) is 35.2 Å². The van der Waals surface area contributed by atoms with Gasteiger partial charge in [-0.25, -0.2) is 0 Å². The fourth-order valence-electron chi connectivity index (χ4n) is 9.32. The van der Waals surface area contributed by atoms with Crippen LogP contribution in [-0.4, -0.2) is 39.0 Å². The Bertz CT molecular complexity index is 990. The van der Waals surface area contributed by atoms with Crippen molar-refractivity contribution in [1.82, 2.24) is 9.78 Å². The van der Waals surface area contributed by atoms with Gasteiger partial charge in [0.05, 0.1) is 36.6 Å². The van der Waals surface area contributed by atoms with Crippen LogP contribution in [0.3, 0.4) is 0 Å². The number of aliphatic hydroxyl groups is 1. The molecule has 2 bridgehead atoms. The van der Waals surface area contributed by atoms with Crippen molar-refractivity contribution in [1.29, 1.82) is 0 Å². The Morgan fingerprint density at radius 2 is 1.97 bits per heavy atom. The molecule has 1 saturated heterocycles. The summed E-state index contributed by atoms with van der Waals surface area (Å²) in [6.45, 7) is 4.94. The van der Waals surface area contributed by atoms with Crippen molar-refractivity contribution in [2.45, 2.75) is 89.6 Å². The number of ketones is 1. The molecule has 8 heteroatoms. The van der Waals surface area contributed by atoms with Gasteiger partial charge in [-0.2, -0.15) is 18.3 Å². The first-order chi connectivity index (χ1) is 15.9. The standard InChI is InChI=1S/C26H35F3N2O3/c1-23(33)7-8-25-14-34-22(20(25)10-23)9-16-17-3-4-19(24(17,2)6-5-18(16)25)21(32)13-31-12-15(11-30-31)26(27,28)29/h11-12,16-20,22,33H,3-10,13-14H2,1-2H3/t16-,17-,18?,19+,20?,22+,23+,24-,25-/m0/s1. The summed E-state index contributed by atoms with van der Waals surface area (Å²) in [7, 11) is 0. The average Bonchev–Trinajstić information content (AvgIpc) is 3.41. The Hall–Kier alpha value is -1.41. The Kier molecular flexibility index (Phi) is 4.95. The maximum Gasteiger partial charge on any atom is 0.419 e. The molecule has 5 fully saturated rings. The molecule has 4 saturated carbocycles. The first-order valence-corrected chi connectivity index (χ1v) is 12.9. The highest BCUT2D eigenvalue weighted by Gasteiger charge is 2.67.